The highest BCUT2D eigenvalue weighted by Gasteiger charge is 2.49. The summed E-state index contributed by atoms with van der Waals surface area (Å²) in [5.74, 6) is 0.000398. The van der Waals surface area contributed by atoms with Crippen molar-refractivity contribution in [1.29, 1.82) is 0 Å². The Bertz CT molecular complexity index is 416. The van der Waals surface area contributed by atoms with E-state index < -0.39 is 12.0 Å². The maximum Gasteiger partial charge on any atom is 0.326 e. The van der Waals surface area contributed by atoms with Crippen LogP contribution in [0, 0.1) is 23.2 Å². The van der Waals surface area contributed by atoms with E-state index in [-0.39, 0.29) is 17.4 Å². The van der Waals surface area contributed by atoms with Crippen LogP contribution in [0.5, 0.6) is 0 Å². The molecular formula is C16H28N2O3. The molecule has 1 saturated heterocycles. The van der Waals surface area contributed by atoms with Crippen molar-refractivity contribution in [2.24, 2.45) is 23.2 Å². The van der Waals surface area contributed by atoms with E-state index in [1.54, 1.807) is 4.90 Å². The lowest BCUT2D eigenvalue weighted by atomic mass is 9.82. The summed E-state index contributed by atoms with van der Waals surface area (Å²) in [5, 5.41) is 12.4. The van der Waals surface area contributed by atoms with Crippen LogP contribution in [0.3, 0.4) is 0 Å². The van der Waals surface area contributed by atoms with E-state index in [4.69, 9.17) is 0 Å². The molecule has 0 bridgehead atoms. The number of rotatable bonds is 3. The molecule has 0 spiro atoms. The minimum absolute atomic E-state index is 0.126. The lowest BCUT2D eigenvalue weighted by Gasteiger charge is -2.29. The second-order valence-corrected chi connectivity index (χ2v) is 7.74. The number of urea groups is 1. The van der Waals surface area contributed by atoms with Crippen LogP contribution in [0.4, 0.5) is 4.79 Å². The first-order valence-corrected chi connectivity index (χ1v) is 7.99. The number of aliphatic carboxylic acids is 1. The number of hydrogen-bond acceptors (Lipinski definition) is 2. The maximum atomic E-state index is 12.4. The predicted molar refractivity (Wildman–Crippen MR) is 81.0 cm³/mol. The van der Waals surface area contributed by atoms with Crippen molar-refractivity contribution >= 4 is 12.0 Å². The predicted octanol–water partition coefficient (Wildman–Crippen LogP) is 2.56. The molecule has 2 amide bonds. The van der Waals surface area contributed by atoms with Gasteiger partial charge in [0.15, 0.2) is 0 Å². The Balaban J connectivity index is 1.97. The highest BCUT2D eigenvalue weighted by atomic mass is 16.4. The van der Waals surface area contributed by atoms with Crippen LogP contribution in [-0.2, 0) is 4.79 Å². The first-order chi connectivity index (χ1) is 9.71. The van der Waals surface area contributed by atoms with E-state index in [9.17, 15) is 14.7 Å². The zero-order valence-corrected chi connectivity index (χ0v) is 13.6. The average molecular weight is 296 g/mol. The number of carbonyl (C=O) groups is 2. The van der Waals surface area contributed by atoms with Gasteiger partial charge < -0.3 is 15.3 Å². The highest BCUT2D eigenvalue weighted by Crippen LogP contribution is 2.42. The quantitative estimate of drug-likeness (QED) is 0.841. The van der Waals surface area contributed by atoms with Gasteiger partial charge in [-0.25, -0.2) is 9.59 Å². The van der Waals surface area contributed by atoms with Gasteiger partial charge in [-0.1, -0.05) is 34.1 Å². The minimum atomic E-state index is -0.858. The topological polar surface area (TPSA) is 69.6 Å². The molecule has 5 heteroatoms. The molecule has 1 aliphatic carbocycles. The van der Waals surface area contributed by atoms with E-state index in [0.717, 1.165) is 19.3 Å². The standard InChI is InChI=1S/C16H28N2O3/c1-10(16(2,3)4)8-17-15(21)18-9-11-6-5-7-12(11)13(18)14(19)20/h10-13H,5-9H2,1-4H3,(H,17,21)(H,19,20). The van der Waals surface area contributed by atoms with Crippen LogP contribution in [0.1, 0.15) is 47.0 Å². The third-order valence-electron chi connectivity index (χ3n) is 5.44. The van der Waals surface area contributed by atoms with Gasteiger partial charge in [0.1, 0.15) is 6.04 Å². The molecule has 1 aliphatic heterocycles. The summed E-state index contributed by atoms with van der Waals surface area (Å²) in [7, 11) is 0. The highest BCUT2D eigenvalue weighted by molar-refractivity contribution is 5.83. The SMILES string of the molecule is CC(CNC(=O)N1CC2CCCC2C1C(=O)O)C(C)(C)C. The Labute approximate surface area is 127 Å². The molecule has 21 heavy (non-hydrogen) atoms. The first-order valence-electron chi connectivity index (χ1n) is 7.99. The van der Waals surface area contributed by atoms with Crippen LogP contribution < -0.4 is 5.32 Å². The van der Waals surface area contributed by atoms with Crippen LogP contribution in [-0.4, -0.2) is 41.1 Å². The number of likely N-dealkylation sites (tertiary alicyclic amines) is 1. The van der Waals surface area contributed by atoms with Crippen LogP contribution in [0.15, 0.2) is 0 Å². The van der Waals surface area contributed by atoms with Gasteiger partial charge >= 0.3 is 12.0 Å². The number of carbonyl (C=O) groups excluding carboxylic acids is 1. The number of nitrogens with zero attached hydrogens (tertiary/aromatic N) is 1. The molecule has 0 aromatic rings. The number of hydrogen-bond donors (Lipinski definition) is 2. The third kappa shape index (κ3) is 3.33. The molecule has 2 aliphatic rings. The second-order valence-electron chi connectivity index (χ2n) is 7.74. The monoisotopic (exact) mass is 296 g/mol. The van der Waals surface area contributed by atoms with Gasteiger partial charge in [0, 0.05) is 13.1 Å². The van der Waals surface area contributed by atoms with Crippen molar-refractivity contribution in [1.82, 2.24) is 10.2 Å². The second kappa shape index (κ2) is 5.85. The van der Waals surface area contributed by atoms with E-state index >= 15 is 0 Å². The molecule has 5 nitrogen and oxygen atoms in total. The zero-order valence-electron chi connectivity index (χ0n) is 13.6. The lowest BCUT2D eigenvalue weighted by Crippen LogP contribution is -2.49. The fraction of sp³-hybridized carbons (Fsp3) is 0.875. The van der Waals surface area contributed by atoms with Crippen molar-refractivity contribution < 1.29 is 14.7 Å². The van der Waals surface area contributed by atoms with Gasteiger partial charge in [-0.3, -0.25) is 0 Å². The lowest BCUT2D eigenvalue weighted by molar-refractivity contribution is -0.142. The normalized spacial score (nSPS) is 30.1. The Hall–Kier alpha value is -1.26. The number of carboxylic acid groups (broad SMARTS) is 1. The summed E-state index contributed by atoms with van der Waals surface area (Å²) in [6.07, 6.45) is 3.08. The summed E-state index contributed by atoms with van der Waals surface area (Å²) in [5.41, 5.74) is 0.126. The molecule has 4 atom stereocenters. The van der Waals surface area contributed by atoms with E-state index in [1.165, 1.54) is 0 Å². The molecular weight excluding hydrogens is 268 g/mol. The van der Waals surface area contributed by atoms with Gasteiger partial charge in [-0.2, -0.15) is 0 Å². The molecule has 120 valence electrons. The van der Waals surface area contributed by atoms with Crippen LogP contribution >= 0.6 is 0 Å². The summed E-state index contributed by atoms with van der Waals surface area (Å²) in [6.45, 7) is 9.71. The number of amides is 2. The molecule has 2 rings (SSSR count). The van der Waals surface area contributed by atoms with E-state index in [1.807, 2.05) is 0 Å². The molecule has 4 unspecified atom stereocenters. The molecule has 0 aromatic carbocycles. The summed E-state index contributed by atoms with van der Waals surface area (Å²) in [4.78, 5) is 25.5. The Morgan fingerprint density at radius 3 is 2.57 bits per heavy atom. The van der Waals surface area contributed by atoms with E-state index in [0.29, 0.717) is 24.9 Å². The van der Waals surface area contributed by atoms with Crippen molar-refractivity contribution in [2.75, 3.05) is 13.1 Å². The minimum Gasteiger partial charge on any atom is -0.480 e. The molecule has 2 N–H and O–H groups in total. The molecule has 0 radical (unpaired) electrons. The fourth-order valence-corrected chi connectivity index (χ4v) is 3.48. The molecule has 1 heterocycles. The maximum absolute atomic E-state index is 12.4. The molecule has 2 fully saturated rings. The molecule has 1 saturated carbocycles. The van der Waals surface area contributed by atoms with Gasteiger partial charge in [-0.15, -0.1) is 0 Å². The number of fused-ring (bicyclic) bond motifs is 1. The Kier molecular flexibility index (Phi) is 4.49. The van der Waals surface area contributed by atoms with Crippen molar-refractivity contribution in [3.63, 3.8) is 0 Å². The van der Waals surface area contributed by atoms with Gasteiger partial charge in [-0.05, 0) is 36.0 Å². The Morgan fingerprint density at radius 2 is 2.00 bits per heavy atom. The average Bonchev–Trinajstić information content (AvgIpc) is 2.92. The Morgan fingerprint density at radius 1 is 1.33 bits per heavy atom. The van der Waals surface area contributed by atoms with Crippen molar-refractivity contribution in [3.8, 4) is 0 Å². The van der Waals surface area contributed by atoms with E-state index in [2.05, 4.69) is 33.0 Å². The van der Waals surface area contributed by atoms with Crippen LogP contribution in [0.25, 0.3) is 0 Å². The number of nitrogens with one attached hydrogen (secondary N) is 1. The summed E-state index contributed by atoms with van der Waals surface area (Å²) in [6, 6.07) is -0.852. The first kappa shape index (κ1) is 16.1. The summed E-state index contributed by atoms with van der Waals surface area (Å²) < 4.78 is 0. The smallest absolute Gasteiger partial charge is 0.326 e. The van der Waals surface area contributed by atoms with Gasteiger partial charge in [0.2, 0.25) is 0 Å². The number of carboxylic acids is 1. The van der Waals surface area contributed by atoms with Crippen molar-refractivity contribution in [3.05, 3.63) is 0 Å². The van der Waals surface area contributed by atoms with Gasteiger partial charge in [0.25, 0.3) is 0 Å². The zero-order chi connectivity index (χ0) is 15.8. The van der Waals surface area contributed by atoms with Crippen LogP contribution in [0.2, 0.25) is 0 Å². The summed E-state index contributed by atoms with van der Waals surface area (Å²) >= 11 is 0. The third-order valence-corrected chi connectivity index (χ3v) is 5.44. The van der Waals surface area contributed by atoms with Gasteiger partial charge in [0.05, 0.1) is 0 Å². The fourth-order valence-electron chi connectivity index (χ4n) is 3.48. The largest absolute Gasteiger partial charge is 0.480 e. The van der Waals surface area contributed by atoms with Crippen molar-refractivity contribution in [2.45, 2.75) is 53.0 Å². The molecule has 0 aromatic heterocycles.